The van der Waals surface area contributed by atoms with Crippen LogP contribution in [0.1, 0.15) is 51.9 Å². The minimum absolute atomic E-state index is 0.0387. The summed E-state index contributed by atoms with van der Waals surface area (Å²) in [6, 6.07) is 0.805. The SMILES string of the molecule is COC(=O)CCCNC(=O)N1C(C)CC2CCCCC21. The van der Waals surface area contributed by atoms with Crippen molar-refractivity contribution in [1.29, 1.82) is 0 Å². The number of urea groups is 1. The highest BCUT2D eigenvalue weighted by atomic mass is 16.5. The van der Waals surface area contributed by atoms with Gasteiger partial charge in [0.15, 0.2) is 0 Å². The van der Waals surface area contributed by atoms with Crippen LogP contribution in [0.5, 0.6) is 0 Å². The Kier molecular flexibility index (Phi) is 5.26. The summed E-state index contributed by atoms with van der Waals surface area (Å²) < 4.78 is 4.58. The zero-order valence-corrected chi connectivity index (χ0v) is 12.6. The summed E-state index contributed by atoms with van der Waals surface area (Å²) in [7, 11) is 1.38. The number of methoxy groups -OCH3 is 1. The minimum atomic E-state index is -0.221. The fourth-order valence-electron chi connectivity index (χ4n) is 3.68. The Labute approximate surface area is 121 Å². The Morgan fingerprint density at radius 3 is 2.80 bits per heavy atom. The summed E-state index contributed by atoms with van der Waals surface area (Å²) in [4.78, 5) is 25.4. The van der Waals surface area contributed by atoms with Gasteiger partial charge in [0.05, 0.1) is 7.11 Å². The van der Waals surface area contributed by atoms with Crippen LogP contribution in [0.3, 0.4) is 0 Å². The van der Waals surface area contributed by atoms with E-state index in [0.717, 1.165) is 12.8 Å². The van der Waals surface area contributed by atoms with E-state index in [2.05, 4.69) is 17.0 Å². The quantitative estimate of drug-likeness (QED) is 0.636. The van der Waals surface area contributed by atoms with E-state index in [1.54, 1.807) is 0 Å². The first-order valence-electron chi connectivity index (χ1n) is 7.76. The van der Waals surface area contributed by atoms with Gasteiger partial charge in [0.1, 0.15) is 0 Å². The highest BCUT2D eigenvalue weighted by Crippen LogP contribution is 2.39. The van der Waals surface area contributed by atoms with Gasteiger partial charge in [-0.1, -0.05) is 12.8 Å². The predicted octanol–water partition coefficient (Wildman–Crippen LogP) is 2.30. The van der Waals surface area contributed by atoms with Crippen LogP contribution in [0.25, 0.3) is 0 Å². The molecule has 20 heavy (non-hydrogen) atoms. The van der Waals surface area contributed by atoms with Gasteiger partial charge in [-0.2, -0.15) is 0 Å². The van der Waals surface area contributed by atoms with Crippen molar-refractivity contribution in [3.63, 3.8) is 0 Å². The second-order valence-corrected chi connectivity index (χ2v) is 6.02. The molecule has 114 valence electrons. The second-order valence-electron chi connectivity index (χ2n) is 6.02. The first-order chi connectivity index (χ1) is 9.63. The molecule has 2 fully saturated rings. The summed E-state index contributed by atoms with van der Waals surface area (Å²) in [5, 5.41) is 2.95. The lowest BCUT2D eigenvalue weighted by atomic mass is 9.85. The van der Waals surface area contributed by atoms with Crippen LogP contribution in [0.4, 0.5) is 4.79 Å². The molecule has 0 spiro atoms. The Balaban J connectivity index is 1.78. The van der Waals surface area contributed by atoms with Crippen LogP contribution >= 0.6 is 0 Å². The number of esters is 1. The molecule has 0 aromatic carbocycles. The van der Waals surface area contributed by atoms with E-state index in [1.807, 2.05) is 4.90 Å². The van der Waals surface area contributed by atoms with Crippen LogP contribution < -0.4 is 5.32 Å². The Morgan fingerprint density at radius 1 is 1.30 bits per heavy atom. The zero-order chi connectivity index (χ0) is 14.5. The number of hydrogen-bond acceptors (Lipinski definition) is 3. The van der Waals surface area contributed by atoms with Gasteiger partial charge in [-0.05, 0) is 38.5 Å². The molecule has 5 heteroatoms. The molecule has 3 unspecified atom stereocenters. The molecule has 0 aromatic heterocycles. The van der Waals surface area contributed by atoms with E-state index in [9.17, 15) is 9.59 Å². The van der Waals surface area contributed by atoms with Crippen molar-refractivity contribution in [2.75, 3.05) is 13.7 Å². The monoisotopic (exact) mass is 282 g/mol. The van der Waals surface area contributed by atoms with Gasteiger partial charge in [0.25, 0.3) is 0 Å². The Hall–Kier alpha value is -1.26. The van der Waals surface area contributed by atoms with Crippen molar-refractivity contribution in [1.82, 2.24) is 10.2 Å². The topological polar surface area (TPSA) is 58.6 Å². The first kappa shape index (κ1) is 15.1. The summed E-state index contributed by atoms with van der Waals surface area (Å²) in [6.07, 6.45) is 7.08. The van der Waals surface area contributed by atoms with Gasteiger partial charge in [-0.25, -0.2) is 4.79 Å². The number of hydrogen-bond donors (Lipinski definition) is 1. The smallest absolute Gasteiger partial charge is 0.317 e. The maximum absolute atomic E-state index is 12.3. The summed E-state index contributed by atoms with van der Waals surface area (Å²) >= 11 is 0. The number of fused-ring (bicyclic) bond motifs is 1. The molecule has 2 rings (SSSR count). The van der Waals surface area contributed by atoms with Crippen LogP contribution in [-0.2, 0) is 9.53 Å². The van der Waals surface area contributed by atoms with E-state index < -0.39 is 0 Å². The number of carbonyl (C=O) groups excluding carboxylic acids is 2. The van der Waals surface area contributed by atoms with Crippen LogP contribution in [0.15, 0.2) is 0 Å². The van der Waals surface area contributed by atoms with Crippen molar-refractivity contribution in [2.45, 2.75) is 64.0 Å². The summed E-state index contributed by atoms with van der Waals surface area (Å²) in [6.45, 7) is 2.68. The van der Waals surface area contributed by atoms with E-state index in [-0.39, 0.29) is 12.0 Å². The molecule has 3 atom stereocenters. The molecule has 5 nitrogen and oxygen atoms in total. The molecule has 1 aliphatic heterocycles. The van der Waals surface area contributed by atoms with E-state index in [4.69, 9.17) is 0 Å². The lowest BCUT2D eigenvalue weighted by Crippen LogP contribution is -2.47. The third-order valence-corrected chi connectivity index (χ3v) is 4.64. The minimum Gasteiger partial charge on any atom is -0.469 e. The van der Waals surface area contributed by atoms with Gasteiger partial charge in [-0.15, -0.1) is 0 Å². The number of rotatable bonds is 4. The summed E-state index contributed by atoms with van der Waals surface area (Å²) in [5.41, 5.74) is 0. The molecule has 1 aliphatic carbocycles. The van der Waals surface area contributed by atoms with Gasteiger partial charge < -0.3 is 15.0 Å². The Bertz CT molecular complexity index is 359. The maximum atomic E-state index is 12.3. The van der Waals surface area contributed by atoms with Crippen molar-refractivity contribution >= 4 is 12.0 Å². The van der Waals surface area contributed by atoms with E-state index in [0.29, 0.717) is 37.4 Å². The molecular formula is C15H26N2O3. The predicted molar refractivity (Wildman–Crippen MR) is 76.3 cm³/mol. The van der Waals surface area contributed by atoms with Gasteiger partial charge in [0.2, 0.25) is 0 Å². The van der Waals surface area contributed by atoms with E-state index >= 15 is 0 Å². The van der Waals surface area contributed by atoms with Crippen LogP contribution in [0.2, 0.25) is 0 Å². The molecule has 1 N–H and O–H groups in total. The molecule has 0 radical (unpaired) electrons. The molecule has 1 heterocycles. The van der Waals surface area contributed by atoms with Gasteiger partial charge >= 0.3 is 12.0 Å². The zero-order valence-electron chi connectivity index (χ0n) is 12.6. The van der Waals surface area contributed by atoms with Gasteiger partial charge in [-0.3, -0.25) is 4.79 Å². The molecule has 1 saturated heterocycles. The standard InChI is InChI=1S/C15H26N2O3/c1-11-10-12-6-3-4-7-13(12)17(11)15(19)16-9-5-8-14(18)20-2/h11-13H,3-10H2,1-2H3,(H,16,19). The van der Waals surface area contributed by atoms with Crippen molar-refractivity contribution < 1.29 is 14.3 Å². The third-order valence-electron chi connectivity index (χ3n) is 4.64. The maximum Gasteiger partial charge on any atom is 0.317 e. The molecule has 2 amide bonds. The van der Waals surface area contributed by atoms with Crippen LogP contribution in [0, 0.1) is 5.92 Å². The second kappa shape index (κ2) is 6.95. The normalized spacial score (nSPS) is 28.9. The number of amides is 2. The molecule has 2 aliphatic rings. The van der Waals surface area contributed by atoms with Crippen molar-refractivity contribution in [3.05, 3.63) is 0 Å². The van der Waals surface area contributed by atoms with Crippen molar-refractivity contribution in [2.24, 2.45) is 5.92 Å². The number of nitrogens with one attached hydrogen (secondary N) is 1. The lowest BCUT2D eigenvalue weighted by molar-refractivity contribution is -0.140. The highest BCUT2D eigenvalue weighted by molar-refractivity contribution is 5.75. The summed E-state index contributed by atoms with van der Waals surface area (Å²) in [5.74, 6) is 0.473. The Morgan fingerprint density at radius 2 is 2.05 bits per heavy atom. The van der Waals surface area contributed by atoms with Crippen molar-refractivity contribution in [3.8, 4) is 0 Å². The lowest BCUT2D eigenvalue weighted by Gasteiger charge is -2.33. The largest absolute Gasteiger partial charge is 0.469 e. The number of nitrogens with zero attached hydrogens (tertiary/aromatic N) is 1. The molecule has 1 saturated carbocycles. The number of likely N-dealkylation sites (tertiary alicyclic amines) is 1. The number of ether oxygens (including phenoxy) is 1. The van der Waals surface area contributed by atoms with E-state index in [1.165, 1.54) is 26.4 Å². The molecular weight excluding hydrogens is 256 g/mol. The number of carbonyl (C=O) groups is 2. The molecule has 0 aromatic rings. The average molecular weight is 282 g/mol. The van der Waals surface area contributed by atoms with Crippen LogP contribution in [-0.4, -0.2) is 42.6 Å². The average Bonchev–Trinajstić information content (AvgIpc) is 2.78. The fourth-order valence-corrected chi connectivity index (χ4v) is 3.68. The fraction of sp³-hybridized carbons (Fsp3) is 0.867. The highest BCUT2D eigenvalue weighted by Gasteiger charge is 2.42. The molecule has 0 bridgehead atoms. The third kappa shape index (κ3) is 3.44. The first-order valence-corrected chi connectivity index (χ1v) is 7.76. The van der Waals surface area contributed by atoms with Gasteiger partial charge in [0, 0.05) is 25.0 Å².